The zero-order chi connectivity index (χ0) is 16.4. The fraction of sp³-hybridized carbons (Fsp3) is 0.222. The summed E-state index contributed by atoms with van der Waals surface area (Å²) in [5.74, 6) is 1.32. The van der Waals surface area contributed by atoms with Gasteiger partial charge in [-0.2, -0.15) is 0 Å². The van der Waals surface area contributed by atoms with E-state index < -0.39 is 12.7 Å². The number of benzene rings is 2. The van der Waals surface area contributed by atoms with Crippen molar-refractivity contribution in [3.63, 3.8) is 0 Å². The molecular formula is C18H20BNO3. The molecule has 0 atom stereocenters. The van der Waals surface area contributed by atoms with Gasteiger partial charge < -0.3 is 19.8 Å². The van der Waals surface area contributed by atoms with E-state index in [0.29, 0.717) is 23.8 Å². The van der Waals surface area contributed by atoms with Crippen LogP contribution >= 0.6 is 0 Å². The second-order valence-electron chi connectivity index (χ2n) is 6.07. The van der Waals surface area contributed by atoms with Crippen LogP contribution in [0.4, 0.5) is 5.69 Å². The number of nitrogen functional groups attached to an aromatic ring is 1. The number of nitrogens with two attached hydrogens (primary N) is 1. The van der Waals surface area contributed by atoms with Crippen LogP contribution in [-0.4, -0.2) is 12.7 Å². The second-order valence-corrected chi connectivity index (χ2v) is 6.07. The smallest absolute Gasteiger partial charge is 0.534 e. The predicted molar refractivity (Wildman–Crippen MR) is 92.4 cm³/mol. The molecule has 1 heterocycles. The van der Waals surface area contributed by atoms with E-state index in [1.807, 2.05) is 56.3 Å². The Morgan fingerprint density at radius 1 is 1.17 bits per heavy atom. The fourth-order valence-corrected chi connectivity index (χ4v) is 2.35. The molecule has 0 amide bonds. The number of hydrogen-bond donors (Lipinski definition) is 1. The lowest BCUT2D eigenvalue weighted by Gasteiger charge is -2.16. The third kappa shape index (κ3) is 3.35. The molecule has 0 unspecified atom stereocenters. The summed E-state index contributed by atoms with van der Waals surface area (Å²) in [5, 5.41) is 0. The highest BCUT2D eigenvalue weighted by molar-refractivity contribution is 6.64. The quantitative estimate of drug-likeness (QED) is 0.697. The van der Waals surface area contributed by atoms with Crippen LogP contribution in [0.1, 0.15) is 19.4 Å². The van der Waals surface area contributed by atoms with Crippen molar-refractivity contribution >= 4 is 18.3 Å². The molecular weight excluding hydrogens is 289 g/mol. The number of anilines is 1. The van der Waals surface area contributed by atoms with Crippen molar-refractivity contribution in [2.24, 2.45) is 0 Å². The average Bonchev–Trinajstić information content (AvgIpc) is 2.79. The summed E-state index contributed by atoms with van der Waals surface area (Å²) in [6.45, 7) is 8.22. The number of rotatable bonds is 4. The monoisotopic (exact) mass is 309 g/mol. The topological polar surface area (TPSA) is 53.7 Å². The molecule has 1 aliphatic heterocycles. The predicted octanol–water partition coefficient (Wildman–Crippen LogP) is 2.88. The molecule has 118 valence electrons. The van der Waals surface area contributed by atoms with Gasteiger partial charge >= 0.3 is 7.12 Å². The van der Waals surface area contributed by atoms with Crippen LogP contribution in [0.3, 0.4) is 0 Å². The number of ether oxygens (including phenoxy) is 1. The molecule has 2 aromatic carbocycles. The molecule has 0 radical (unpaired) electrons. The lowest BCUT2D eigenvalue weighted by molar-refractivity contribution is 0.173. The Balaban J connectivity index is 1.70. The maximum atomic E-state index is 6.13. The lowest BCUT2D eigenvalue weighted by atomic mass is 9.78. The van der Waals surface area contributed by atoms with Gasteiger partial charge in [-0.15, -0.1) is 0 Å². The van der Waals surface area contributed by atoms with Crippen LogP contribution in [0.15, 0.2) is 60.9 Å². The van der Waals surface area contributed by atoms with E-state index in [4.69, 9.17) is 19.8 Å². The first-order valence-electron chi connectivity index (χ1n) is 7.56. The summed E-state index contributed by atoms with van der Waals surface area (Å²) < 4.78 is 17.3. The summed E-state index contributed by atoms with van der Waals surface area (Å²) in [6.07, 6.45) is 0. The van der Waals surface area contributed by atoms with Crippen molar-refractivity contribution in [3.8, 4) is 5.75 Å². The van der Waals surface area contributed by atoms with Crippen molar-refractivity contribution in [2.45, 2.75) is 26.1 Å². The average molecular weight is 309 g/mol. The maximum absolute atomic E-state index is 6.13. The second kappa shape index (κ2) is 6.01. The molecule has 0 saturated carbocycles. The van der Waals surface area contributed by atoms with E-state index in [1.165, 1.54) is 0 Å². The fourth-order valence-electron chi connectivity index (χ4n) is 2.35. The highest BCUT2D eigenvalue weighted by Gasteiger charge is 2.43. The third-order valence-corrected chi connectivity index (χ3v) is 3.88. The first kappa shape index (κ1) is 15.5. The maximum Gasteiger partial charge on any atom is 0.565 e. The van der Waals surface area contributed by atoms with Gasteiger partial charge in [0.2, 0.25) is 0 Å². The normalized spacial score (nSPS) is 16.3. The van der Waals surface area contributed by atoms with Gasteiger partial charge in [-0.25, -0.2) is 0 Å². The van der Waals surface area contributed by atoms with E-state index in [1.54, 1.807) is 6.07 Å². The Kier molecular flexibility index (Phi) is 4.05. The van der Waals surface area contributed by atoms with Crippen LogP contribution in [0.25, 0.3) is 0 Å². The summed E-state index contributed by atoms with van der Waals surface area (Å²) in [5.41, 5.74) is 8.08. The molecule has 0 bridgehead atoms. The Morgan fingerprint density at radius 2 is 1.91 bits per heavy atom. The molecule has 2 aromatic rings. The molecule has 23 heavy (non-hydrogen) atoms. The molecule has 2 N–H and O–H groups in total. The lowest BCUT2D eigenvalue weighted by Crippen LogP contribution is -2.36. The molecule has 1 aliphatic rings. The van der Waals surface area contributed by atoms with Crippen LogP contribution in [0, 0.1) is 0 Å². The van der Waals surface area contributed by atoms with E-state index >= 15 is 0 Å². The molecule has 4 nitrogen and oxygen atoms in total. The van der Waals surface area contributed by atoms with Crippen LogP contribution in [0.5, 0.6) is 5.75 Å². The Labute approximate surface area is 137 Å². The van der Waals surface area contributed by atoms with Gasteiger partial charge in [-0.05, 0) is 25.5 Å². The highest BCUT2D eigenvalue weighted by atomic mass is 16.7. The van der Waals surface area contributed by atoms with E-state index in [0.717, 1.165) is 11.0 Å². The first-order chi connectivity index (χ1) is 11.0. The number of hydrogen-bond acceptors (Lipinski definition) is 4. The third-order valence-electron chi connectivity index (χ3n) is 3.88. The summed E-state index contributed by atoms with van der Waals surface area (Å²) in [4.78, 5) is 0. The van der Waals surface area contributed by atoms with Gasteiger partial charge in [-0.3, -0.25) is 0 Å². The minimum Gasteiger partial charge on any atom is -0.534 e. The standard InChI is InChI=1S/C18H20BNO3/c1-13-18(2,3)23-19(22-13)16-10-9-15(11-17(16)20)21-12-14-7-5-4-6-8-14/h4-11H,1,12,20H2,2-3H3. The van der Waals surface area contributed by atoms with Gasteiger partial charge in [0.15, 0.2) is 0 Å². The first-order valence-corrected chi connectivity index (χ1v) is 7.56. The zero-order valence-corrected chi connectivity index (χ0v) is 13.4. The summed E-state index contributed by atoms with van der Waals surface area (Å²) >= 11 is 0. The molecule has 5 heteroatoms. The Hall–Kier alpha value is -2.40. The minimum absolute atomic E-state index is 0.500. The van der Waals surface area contributed by atoms with Crippen LogP contribution < -0.4 is 15.9 Å². The summed E-state index contributed by atoms with van der Waals surface area (Å²) in [6, 6.07) is 15.5. The van der Waals surface area contributed by atoms with Gasteiger partial charge in [0.1, 0.15) is 18.0 Å². The van der Waals surface area contributed by atoms with Gasteiger partial charge in [0.25, 0.3) is 0 Å². The van der Waals surface area contributed by atoms with E-state index in [9.17, 15) is 0 Å². The molecule has 1 saturated heterocycles. The molecule has 0 aliphatic carbocycles. The molecule has 0 aromatic heterocycles. The van der Waals surface area contributed by atoms with Crippen molar-refractivity contribution in [3.05, 3.63) is 66.4 Å². The SMILES string of the molecule is C=C1OB(c2ccc(OCc3ccccc3)cc2N)OC1(C)C. The van der Waals surface area contributed by atoms with Crippen molar-refractivity contribution in [1.29, 1.82) is 0 Å². The molecule has 3 rings (SSSR count). The molecule has 0 spiro atoms. The van der Waals surface area contributed by atoms with Crippen molar-refractivity contribution in [1.82, 2.24) is 0 Å². The largest absolute Gasteiger partial charge is 0.565 e. The van der Waals surface area contributed by atoms with Crippen LogP contribution in [-0.2, 0) is 15.9 Å². The van der Waals surface area contributed by atoms with Gasteiger partial charge in [0, 0.05) is 17.2 Å². The highest BCUT2D eigenvalue weighted by Crippen LogP contribution is 2.30. The molecule has 1 fully saturated rings. The van der Waals surface area contributed by atoms with Crippen molar-refractivity contribution < 1.29 is 14.0 Å². The summed E-state index contributed by atoms with van der Waals surface area (Å²) in [7, 11) is -0.527. The van der Waals surface area contributed by atoms with Gasteiger partial charge in [0.05, 0.1) is 5.76 Å². The van der Waals surface area contributed by atoms with E-state index in [-0.39, 0.29) is 0 Å². The Morgan fingerprint density at radius 3 is 2.52 bits per heavy atom. The van der Waals surface area contributed by atoms with Crippen molar-refractivity contribution in [2.75, 3.05) is 5.73 Å². The van der Waals surface area contributed by atoms with Crippen LogP contribution in [0.2, 0.25) is 0 Å². The van der Waals surface area contributed by atoms with E-state index in [2.05, 4.69) is 6.58 Å². The Bertz CT molecular complexity index is 715. The minimum atomic E-state index is -0.527. The van der Waals surface area contributed by atoms with Gasteiger partial charge in [-0.1, -0.05) is 43.0 Å². The zero-order valence-electron chi connectivity index (χ0n) is 13.4.